The summed E-state index contributed by atoms with van der Waals surface area (Å²) in [6.07, 6.45) is 3.48. The van der Waals surface area contributed by atoms with E-state index in [4.69, 9.17) is 10.00 Å². The number of ether oxygens (including phenoxy) is 1. The van der Waals surface area contributed by atoms with Crippen LogP contribution in [-0.4, -0.2) is 54.0 Å². The molecule has 3 aliphatic rings. The monoisotopic (exact) mass is 291 g/mol. The summed E-state index contributed by atoms with van der Waals surface area (Å²) in [6, 6.07) is 1.94. The lowest BCUT2D eigenvalue weighted by Gasteiger charge is -2.32. The molecule has 3 rings (SSSR count). The number of amides is 1. The van der Waals surface area contributed by atoms with Gasteiger partial charge < -0.3 is 15.0 Å². The van der Waals surface area contributed by atoms with Gasteiger partial charge in [-0.3, -0.25) is 9.59 Å². The Morgan fingerprint density at radius 3 is 2.86 bits per heavy atom. The molecule has 0 radical (unpaired) electrons. The van der Waals surface area contributed by atoms with Crippen molar-refractivity contribution in [2.24, 2.45) is 5.92 Å². The summed E-state index contributed by atoms with van der Waals surface area (Å²) >= 11 is 0. The molecule has 0 aromatic heterocycles. The van der Waals surface area contributed by atoms with E-state index < -0.39 is 0 Å². The van der Waals surface area contributed by atoms with Gasteiger partial charge in [0, 0.05) is 12.6 Å². The van der Waals surface area contributed by atoms with Gasteiger partial charge in [-0.15, -0.1) is 0 Å². The normalized spacial score (nSPS) is 37.7. The summed E-state index contributed by atoms with van der Waals surface area (Å²) in [4.78, 5) is 25.3. The lowest BCUT2D eigenvalue weighted by Crippen LogP contribution is -2.54. The zero-order valence-corrected chi connectivity index (χ0v) is 12.2. The first-order valence-corrected chi connectivity index (χ1v) is 7.67. The SMILES string of the molecule is CC(=O)CO[C@@H]1C[C@@H]2C[C@H]1N[C@@H]2C(=O)N1CCC[C@H]1C#N. The quantitative estimate of drug-likeness (QED) is 0.801. The molecule has 0 aromatic rings. The second kappa shape index (κ2) is 5.74. The van der Waals surface area contributed by atoms with Crippen LogP contribution in [0.4, 0.5) is 0 Å². The fourth-order valence-electron chi connectivity index (χ4n) is 3.88. The number of likely N-dealkylation sites (tertiary alicyclic amines) is 1. The van der Waals surface area contributed by atoms with Crippen molar-refractivity contribution in [3.8, 4) is 6.07 Å². The Bertz CT molecular complexity index is 487. The van der Waals surface area contributed by atoms with Gasteiger partial charge in [0.1, 0.15) is 12.6 Å². The number of hydrogen-bond acceptors (Lipinski definition) is 5. The minimum atomic E-state index is -0.261. The highest BCUT2D eigenvalue weighted by Gasteiger charge is 2.50. The zero-order valence-electron chi connectivity index (χ0n) is 12.2. The molecule has 2 heterocycles. The van der Waals surface area contributed by atoms with Crippen LogP contribution in [0, 0.1) is 17.2 Å². The molecule has 1 saturated carbocycles. The van der Waals surface area contributed by atoms with Gasteiger partial charge in [0.05, 0.1) is 18.2 Å². The molecular formula is C15H21N3O3. The first-order valence-electron chi connectivity index (χ1n) is 7.67. The molecule has 0 spiro atoms. The Labute approximate surface area is 124 Å². The van der Waals surface area contributed by atoms with Crippen LogP contribution in [0.3, 0.4) is 0 Å². The molecule has 6 heteroatoms. The predicted molar refractivity (Wildman–Crippen MR) is 74.2 cm³/mol. The minimum absolute atomic E-state index is 0.0272. The van der Waals surface area contributed by atoms with Crippen molar-refractivity contribution in [1.29, 1.82) is 5.26 Å². The molecule has 3 fully saturated rings. The maximum Gasteiger partial charge on any atom is 0.241 e. The molecule has 5 atom stereocenters. The number of nitrogens with one attached hydrogen (secondary N) is 1. The number of hydrogen-bond donors (Lipinski definition) is 1. The van der Waals surface area contributed by atoms with Gasteiger partial charge in [0.2, 0.25) is 5.91 Å². The summed E-state index contributed by atoms with van der Waals surface area (Å²) in [6.45, 7) is 2.36. The van der Waals surface area contributed by atoms with Gasteiger partial charge >= 0.3 is 0 Å². The van der Waals surface area contributed by atoms with Gasteiger partial charge in [-0.25, -0.2) is 0 Å². The number of carbonyl (C=O) groups is 2. The standard InChI is InChI=1S/C15H21N3O3/c1-9(19)8-21-13-6-10-5-12(13)17-14(10)15(20)18-4-2-3-11(18)7-16/h10-14,17H,2-6,8H2,1H3/t10-,11-,12+,13+,14-/m0/s1. The summed E-state index contributed by atoms with van der Waals surface area (Å²) in [5.74, 6) is 0.357. The fourth-order valence-corrected chi connectivity index (χ4v) is 3.88. The number of Topliss-reactive ketones (excluding diaryl/α,β-unsaturated/α-hetero) is 1. The summed E-state index contributed by atoms with van der Waals surface area (Å²) in [5.41, 5.74) is 0. The highest BCUT2D eigenvalue weighted by atomic mass is 16.5. The third-order valence-corrected chi connectivity index (χ3v) is 4.86. The van der Waals surface area contributed by atoms with E-state index in [1.165, 1.54) is 6.92 Å². The lowest BCUT2D eigenvalue weighted by atomic mass is 9.97. The van der Waals surface area contributed by atoms with Gasteiger partial charge in [-0.2, -0.15) is 5.26 Å². The van der Waals surface area contributed by atoms with Gasteiger partial charge in [0.25, 0.3) is 0 Å². The number of nitriles is 1. The molecule has 2 bridgehead atoms. The number of ketones is 1. The lowest BCUT2D eigenvalue weighted by molar-refractivity contribution is -0.136. The highest BCUT2D eigenvalue weighted by molar-refractivity contribution is 5.84. The molecule has 2 saturated heterocycles. The fraction of sp³-hybridized carbons (Fsp3) is 0.800. The number of piperidine rings is 1. The molecule has 6 nitrogen and oxygen atoms in total. The van der Waals surface area contributed by atoms with Crippen LogP contribution in [-0.2, 0) is 14.3 Å². The Morgan fingerprint density at radius 1 is 1.43 bits per heavy atom. The Hall–Kier alpha value is -1.45. The first kappa shape index (κ1) is 14.5. The van der Waals surface area contributed by atoms with E-state index in [1.807, 2.05) is 0 Å². The summed E-state index contributed by atoms with van der Waals surface area (Å²) in [5, 5.41) is 12.5. The largest absolute Gasteiger partial charge is 0.369 e. The third kappa shape index (κ3) is 2.68. The maximum absolute atomic E-state index is 12.6. The molecule has 1 amide bonds. The first-order chi connectivity index (χ1) is 10.1. The smallest absolute Gasteiger partial charge is 0.241 e. The molecule has 0 unspecified atom stereocenters. The number of fused-ring (bicyclic) bond motifs is 2. The third-order valence-electron chi connectivity index (χ3n) is 4.86. The van der Waals surface area contributed by atoms with Crippen molar-refractivity contribution < 1.29 is 14.3 Å². The van der Waals surface area contributed by atoms with Crippen LogP contribution < -0.4 is 5.32 Å². The minimum Gasteiger partial charge on any atom is -0.369 e. The van der Waals surface area contributed by atoms with Crippen LogP contribution in [0.2, 0.25) is 0 Å². The van der Waals surface area contributed by atoms with E-state index in [0.717, 1.165) is 25.7 Å². The summed E-state index contributed by atoms with van der Waals surface area (Å²) in [7, 11) is 0. The molecule has 0 aromatic carbocycles. The van der Waals surface area contributed by atoms with Gasteiger partial charge in [-0.05, 0) is 38.5 Å². The van der Waals surface area contributed by atoms with E-state index >= 15 is 0 Å². The van der Waals surface area contributed by atoms with Crippen molar-refractivity contribution in [2.45, 2.75) is 56.8 Å². The molecular weight excluding hydrogens is 270 g/mol. The number of carbonyl (C=O) groups excluding carboxylic acids is 2. The van der Waals surface area contributed by atoms with Crippen LogP contribution in [0.1, 0.15) is 32.6 Å². The molecule has 21 heavy (non-hydrogen) atoms. The predicted octanol–water partition coefficient (Wildman–Crippen LogP) is 0.226. The van der Waals surface area contributed by atoms with E-state index in [-0.39, 0.29) is 48.4 Å². The molecule has 2 aliphatic heterocycles. The van der Waals surface area contributed by atoms with E-state index in [0.29, 0.717) is 6.54 Å². The van der Waals surface area contributed by atoms with Crippen LogP contribution >= 0.6 is 0 Å². The molecule has 114 valence electrons. The van der Waals surface area contributed by atoms with Crippen molar-refractivity contribution in [3.63, 3.8) is 0 Å². The van der Waals surface area contributed by atoms with Gasteiger partial charge in [-0.1, -0.05) is 0 Å². The van der Waals surface area contributed by atoms with Crippen LogP contribution in [0.5, 0.6) is 0 Å². The second-order valence-corrected chi connectivity index (χ2v) is 6.35. The van der Waals surface area contributed by atoms with Crippen molar-refractivity contribution in [3.05, 3.63) is 0 Å². The highest BCUT2D eigenvalue weighted by Crippen LogP contribution is 2.38. The Balaban J connectivity index is 1.58. The van der Waals surface area contributed by atoms with Crippen molar-refractivity contribution in [1.82, 2.24) is 10.2 Å². The summed E-state index contributed by atoms with van der Waals surface area (Å²) < 4.78 is 5.60. The number of nitrogens with zero attached hydrogens (tertiary/aromatic N) is 2. The van der Waals surface area contributed by atoms with E-state index in [9.17, 15) is 9.59 Å². The van der Waals surface area contributed by atoms with Gasteiger partial charge in [0.15, 0.2) is 5.78 Å². The second-order valence-electron chi connectivity index (χ2n) is 6.35. The van der Waals surface area contributed by atoms with Crippen molar-refractivity contribution in [2.75, 3.05) is 13.2 Å². The maximum atomic E-state index is 12.6. The Morgan fingerprint density at radius 2 is 2.24 bits per heavy atom. The van der Waals surface area contributed by atoms with Crippen LogP contribution in [0.15, 0.2) is 0 Å². The average molecular weight is 291 g/mol. The van der Waals surface area contributed by atoms with E-state index in [1.54, 1.807) is 4.90 Å². The Kier molecular flexibility index (Phi) is 3.96. The van der Waals surface area contributed by atoms with E-state index in [2.05, 4.69) is 11.4 Å². The van der Waals surface area contributed by atoms with Crippen molar-refractivity contribution >= 4 is 11.7 Å². The molecule has 1 N–H and O–H groups in total. The number of rotatable bonds is 4. The zero-order chi connectivity index (χ0) is 15.0. The van der Waals surface area contributed by atoms with Crippen LogP contribution in [0.25, 0.3) is 0 Å². The average Bonchev–Trinajstić information content (AvgIpc) is 3.17. The topological polar surface area (TPSA) is 82.4 Å². The molecule has 1 aliphatic carbocycles.